The number of hydrogen-bond acceptors (Lipinski definition) is 7. The fourth-order valence-corrected chi connectivity index (χ4v) is 5.54. The SMILES string of the molecule is COc1cc(-c2cccc(-c3cccc(Nc4nccc5nccnc45)c3C)c2C)cc(F)c1CN[C@H]1CNC(=O)C1. The first-order chi connectivity index (χ1) is 20.4. The number of benzene rings is 3. The van der Waals surface area contributed by atoms with Crippen LogP contribution in [0, 0.1) is 19.7 Å². The molecular weight excluding hydrogens is 531 g/mol. The maximum absolute atomic E-state index is 15.5. The van der Waals surface area contributed by atoms with Crippen molar-refractivity contribution in [2.24, 2.45) is 0 Å². The maximum atomic E-state index is 15.5. The van der Waals surface area contributed by atoms with Gasteiger partial charge in [0.25, 0.3) is 0 Å². The van der Waals surface area contributed by atoms with Gasteiger partial charge < -0.3 is 20.7 Å². The average Bonchev–Trinajstić information content (AvgIpc) is 3.42. The van der Waals surface area contributed by atoms with E-state index in [9.17, 15) is 4.79 Å². The summed E-state index contributed by atoms with van der Waals surface area (Å²) >= 11 is 0. The zero-order chi connectivity index (χ0) is 29.2. The van der Waals surface area contributed by atoms with E-state index in [1.54, 1.807) is 31.8 Å². The number of rotatable bonds is 8. The number of pyridine rings is 1. The summed E-state index contributed by atoms with van der Waals surface area (Å²) in [5.74, 6) is 0.751. The number of hydrogen-bond donors (Lipinski definition) is 3. The van der Waals surface area contributed by atoms with Crippen molar-refractivity contribution < 1.29 is 13.9 Å². The quantitative estimate of drug-likeness (QED) is 0.218. The van der Waals surface area contributed by atoms with Gasteiger partial charge >= 0.3 is 0 Å². The van der Waals surface area contributed by atoms with Crippen LogP contribution in [0.15, 0.2) is 73.2 Å². The molecular formula is C33H31FN6O2. The van der Waals surface area contributed by atoms with Crippen molar-refractivity contribution >= 4 is 28.4 Å². The lowest BCUT2D eigenvalue weighted by Crippen LogP contribution is -2.30. The number of anilines is 2. The minimum atomic E-state index is -0.355. The smallest absolute Gasteiger partial charge is 0.221 e. The van der Waals surface area contributed by atoms with Gasteiger partial charge in [0.15, 0.2) is 5.82 Å². The summed E-state index contributed by atoms with van der Waals surface area (Å²) in [6, 6.07) is 17.4. The molecule has 3 N–H and O–H groups in total. The number of halogens is 1. The molecule has 1 atom stereocenters. The Balaban J connectivity index is 1.32. The second kappa shape index (κ2) is 11.5. The molecule has 0 saturated carbocycles. The van der Waals surface area contributed by atoms with Gasteiger partial charge in [0.2, 0.25) is 5.91 Å². The van der Waals surface area contributed by atoms with Crippen LogP contribution >= 0.6 is 0 Å². The third-order valence-electron chi connectivity index (χ3n) is 7.83. The Kier molecular flexibility index (Phi) is 7.50. The standard InChI is InChI=1S/C33H31FN6O2/c1-19-23(21-14-27(34)26(30(15-21)42-3)18-38-22-16-31(41)39-17-22)6-4-7-24(19)25-8-5-9-28(20(25)2)40-33-32-29(10-11-37-33)35-12-13-36-32/h4-15,22,38H,16-18H2,1-3H3,(H,37,40)(H,39,41)/t22-/m1/s1. The lowest BCUT2D eigenvalue weighted by molar-refractivity contribution is -0.119. The molecule has 1 aliphatic heterocycles. The summed E-state index contributed by atoms with van der Waals surface area (Å²) in [7, 11) is 1.55. The van der Waals surface area contributed by atoms with E-state index in [0.29, 0.717) is 35.6 Å². The molecule has 3 heterocycles. The van der Waals surface area contributed by atoms with E-state index in [2.05, 4.69) is 56.9 Å². The number of amides is 1. The predicted octanol–water partition coefficient (Wildman–Crippen LogP) is 5.85. The van der Waals surface area contributed by atoms with Crippen LogP contribution in [0.25, 0.3) is 33.3 Å². The highest BCUT2D eigenvalue weighted by Crippen LogP contribution is 2.38. The summed E-state index contributed by atoms with van der Waals surface area (Å²) < 4.78 is 21.1. The zero-order valence-corrected chi connectivity index (χ0v) is 23.7. The second-order valence-electron chi connectivity index (χ2n) is 10.4. The van der Waals surface area contributed by atoms with Crippen LogP contribution in [0.1, 0.15) is 23.1 Å². The summed E-state index contributed by atoms with van der Waals surface area (Å²) in [6.07, 6.45) is 5.42. The summed E-state index contributed by atoms with van der Waals surface area (Å²) in [5.41, 5.74) is 8.63. The lowest BCUT2D eigenvalue weighted by Gasteiger charge is -2.18. The van der Waals surface area contributed by atoms with Crippen LogP contribution in [0.5, 0.6) is 5.75 Å². The molecule has 2 aromatic heterocycles. The summed E-state index contributed by atoms with van der Waals surface area (Å²) in [4.78, 5) is 24.9. The summed E-state index contributed by atoms with van der Waals surface area (Å²) in [5, 5.41) is 9.50. The molecule has 1 fully saturated rings. The molecule has 0 radical (unpaired) electrons. The topological polar surface area (TPSA) is 101 Å². The first kappa shape index (κ1) is 27.3. The van der Waals surface area contributed by atoms with Crippen molar-refractivity contribution in [1.82, 2.24) is 25.6 Å². The molecule has 0 spiro atoms. The van der Waals surface area contributed by atoms with Crippen molar-refractivity contribution in [2.45, 2.75) is 32.9 Å². The molecule has 8 nitrogen and oxygen atoms in total. The van der Waals surface area contributed by atoms with Gasteiger partial charge in [-0.1, -0.05) is 30.3 Å². The second-order valence-corrected chi connectivity index (χ2v) is 10.4. The van der Waals surface area contributed by atoms with Crippen molar-refractivity contribution in [2.75, 3.05) is 19.0 Å². The van der Waals surface area contributed by atoms with Gasteiger partial charge in [0.1, 0.15) is 17.1 Å². The Bertz CT molecular complexity index is 1800. The molecule has 1 aliphatic rings. The molecule has 42 heavy (non-hydrogen) atoms. The van der Waals surface area contributed by atoms with Crippen LogP contribution < -0.4 is 20.7 Å². The predicted molar refractivity (Wildman–Crippen MR) is 162 cm³/mol. The number of ether oxygens (including phenoxy) is 1. The normalized spacial score (nSPS) is 14.7. The van der Waals surface area contributed by atoms with Crippen LogP contribution in [0.3, 0.4) is 0 Å². The Morgan fingerprint density at radius 2 is 1.71 bits per heavy atom. The number of methoxy groups -OCH3 is 1. The maximum Gasteiger partial charge on any atom is 0.221 e. The third kappa shape index (κ3) is 5.26. The number of carbonyl (C=O) groups is 1. The highest BCUT2D eigenvalue weighted by Gasteiger charge is 2.22. The zero-order valence-electron chi connectivity index (χ0n) is 23.7. The van der Waals surface area contributed by atoms with Gasteiger partial charge in [-0.25, -0.2) is 14.4 Å². The number of nitrogens with zero attached hydrogens (tertiary/aromatic N) is 3. The van der Waals surface area contributed by atoms with E-state index < -0.39 is 0 Å². The van der Waals surface area contributed by atoms with Crippen molar-refractivity contribution in [1.29, 1.82) is 0 Å². The largest absolute Gasteiger partial charge is 0.496 e. The van der Waals surface area contributed by atoms with Crippen LogP contribution in [-0.2, 0) is 11.3 Å². The van der Waals surface area contributed by atoms with Crippen LogP contribution in [0.2, 0.25) is 0 Å². The van der Waals surface area contributed by atoms with E-state index in [1.165, 1.54) is 0 Å². The van der Waals surface area contributed by atoms with Crippen LogP contribution in [0.4, 0.5) is 15.9 Å². The fourth-order valence-electron chi connectivity index (χ4n) is 5.54. The average molecular weight is 563 g/mol. The van der Waals surface area contributed by atoms with Crippen LogP contribution in [-0.4, -0.2) is 40.6 Å². The Labute approximate surface area is 243 Å². The van der Waals surface area contributed by atoms with Gasteiger partial charge in [-0.15, -0.1) is 0 Å². The molecule has 0 bridgehead atoms. The Morgan fingerprint density at radius 1 is 0.952 bits per heavy atom. The molecule has 0 aliphatic carbocycles. The number of fused-ring (bicyclic) bond motifs is 1. The first-order valence-electron chi connectivity index (χ1n) is 13.8. The fraction of sp³-hybridized carbons (Fsp3) is 0.212. The molecule has 5 aromatic rings. The van der Waals surface area contributed by atoms with E-state index >= 15 is 4.39 Å². The van der Waals surface area contributed by atoms with E-state index in [0.717, 1.165) is 44.6 Å². The highest BCUT2D eigenvalue weighted by molar-refractivity contribution is 5.89. The molecule has 9 heteroatoms. The van der Waals surface area contributed by atoms with Gasteiger partial charge in [0, 0.05) is 55.4 Å². The van der Waals surface area contributed by atoms with E-state index in [-0.39, 0.29) is 24.3 Å². The minimum absolute atomic E-state index is 0.00160. The lowest BCUT2D eigenvalue weighted by atomic mass is 9.90. The van der Waals surface area contributed by atoms with Crippen molar-refractivity contribution in [3.05, 3.63) is 95.7 Å². The summed E-state index contributed by atoms with van der Waals surface area (Å²) in [6.45, 7) is 4.92. The molecule has 1 amide bonds. The Morgan fingerprint density at radius 3 is 2.50 bits per heavy atom. The highest BCUT2D eigenvalue weighted by atomic mass is 19.1. The van der Waals surface area contributed by atoms with Crippen molar-refractivity contribution in [3.8, 4) is 28.0 Å². The first-order valence-corrected chi connectivity index (χ1v) is 13.8. The molecule has 6 rings (SSSR count). The van der Waals surface area contributed by atoms with E-state index in [4.69, 9.17) is 4.74 Å². The molecule has 212 valence electrons. The van der Waals surface area contributed by atoms with Crippen molar-refractivity contribution in [3.63, 3.8) is 0 Å². The Hall–Kier alpha value is -4.89. The van der Waals surface area contributed by atoms with Gasteiger partial charge in [-0.05, 0) is 71.5 Å². The number of nitrogens with one attached hydrogen (secondary N) is 3. The molecule has 1 saturated heterocycles. The third-order valence-corrected chi connectivity index (χ3v) is 7.83. The molecule has 3 aromatic carbocycles. The van der Waals surface area contributed by atoms with Gasteiger partial charge in [0.05, 0.1) is 12.6 Å². The van der Waals surface area contributed by atoms with E-state index in [1.807, 2.05) is 36.4 Å². The molecule has 0 unspecified atom stereocenters. The van der Waals surface area contributed by atoms with Gasteiger partial charge in [-0.3, -0.25) is 9.78 Å². The number of carbonyl (C=O) groups excluding carboxylic acids is 1. The van der Waals surface area contributed by atoms with Gasteiger partial charge in [-0.2, -0.15) is 0 Å². The monoisotopic (exact) mass is 562 g/mol. The minimum Gasteiger partial charge on any atom is -0.496 e. The number of aromatic nitrogens is 3.